The number of carboxylic acid groups (broad SMARTS) is 1. The number of benzene rings is 1. The first-order valence-electron chi connectivity index (χ1n) is 5.37. The minimum Gasteiger partial charge on any atom is -0.478 e. The lowest BCUT2D eigenvalue weighted by Crippen LogP contribution is -2.06. The molecule has 0 bridgehead atoms. The molecular weight excluding hydrogens is 272 g/mol. The fourth-order valence-electron chi connectivity index (χ4n) is 1.67. The van der Waals surface area contributed by atoms with Crippen LogP contribution in [0.25, 0.3) is 10.1 Å². The van der Waals surface area contributed by atoms with Gasteiger partial charge in [-0.25, -0.2) is 13.2 Å². The number of fused-ring (bicyclic) bond motifs is 1. The van der Waals surface area contributed by atoms with E-state index in [2.05, 4.69) is 0 Å². The topological polar surface area (TPSA) is 71.4 Å². The molecule has 96 valence electrons. The second-order valence-electron chi connectivity index (χ2n) is 3.95. The molecule has 1 heterocycles. The minimum atomic E-state index is -3.11. The predicted molar refractivity (Wildman–Crippen MR) is 71.9 cm³/mol. The molecule has 18 heavy (non-hydrogen) atoms. The summed E-state index contributed by atoms with van der Waals surface area (Å²) < 4.78 is 24.1. The maximum Gasteiger partial charge on any atom is 0.335 e. The second kappa shape index (κ2) is 4.70. The monoisotopic (exact) mass is 284 g/mol. The number of aromatic carboxylic acids is 1. The Morgan fingerprint density at radius 1 is 1.39 bits per heavy atom. The van der Waals surface area contributed by atoms with Crippen molar-refractivity contribution >= 4 is 37.2 Å². The third kappa shape index (κ3) is 2.54. The van der Waals surface area contributed by atoms with E-state index < -0.39 is 15.8 Å². The lowest BCUT2D eigenvalue weighted by Gasteiger charge is -2.01. The van der Waals surface area contributed by atoms with Crippen molar-refractivity contribution in [2.45, 2.75) is 12.7 Å². The molecule has 2 rings (SSSR count). The fraction of sp³-hybridized carbons (Fsp3) is 0.250. The highest BCUT2D eigenvalue weighted by atomic mass is 32.2. The highest BCUT2D eigenvalue weighted by molar-refractivity contribution is 7.90. The van der Waals surface area contributed by atoms with Gasteiger partial charge in [-0.05, 0) is 34.5 Å². The molecule has 0 fully saturated rings. The summed E-state index contributed by atoms with van der Waals surface area (Å²) in [6.07, 6.45) is 0. The van der Waals surface area contributed by atoms with Gasteiger partial charge in [0.1, 0.15) is 0 Å². The smallest absolute Gasteiger partial charge is 0.335 e. The van der Waals surface area contributed by atoms with Gasteiger partial charge < -0.3 is 5.11 Å². The second-order valence-corrected chi connectivity index (χ2v) is 7.22. The van der Waals surface area contributed by atoms with Gasteiger partial charge in [-0.3, -0.25) is 0 Å². The Morgan fingerprint density at radius 2 is 2.11 bits per heavy atom. The summed E-state index contributed by atoms with van der Waals surface area (Å²) in [7, 11) is -3.11. The van der Waals surface area contributed by atoms with E-state index in [9.17, 15) is 13.2 Å². The van der Waals surface area contributed by atoms with Gasteiger partial charge >= 0.3 is 5.97 Å². The van der Waals surface area contributed by atoms with Crippen molar-refractivity contribution in [1.29, 1.82) is 0 Å². The zero-order valence-electron chi connectivity index (χ0n) is 9.71. The van der Waals surface area contributed by atoms with Gasteiger partial charge in [0.15, 0.2) is 9.84 Å². The van der Waals surface area contributed by atoms with Crippen molar-refractivity contribution in [2.75, 3.05) is 5.75 Å². The molecule has 0 aliphatic carbocycles. The third-order valence-corrected chi connectivity index (χ3v) is 5.36. The molecule has 0 saturated carbocycles. The predicted octanol–water partition coefficient (Wildman–Crippen LogP) is 2.53. The Balaban J connectivity index is 2.52. The van der Waals surface area contributed by atoms with E-state index in [-0.39, 0.29) is 17.1 Å². The van der Waals surface area contributed by atoms with Crippen molar-refractivity contribution in [3.63, 3.8) is 0 Å². The Bertz CT molecular complexity index is 698. The number of carbonyl (C=O) groups is 1. The van der Waals surface area contributed by atoms with Gasteiger partial charge in [-0.2, -0.15) is 0 Å². The zero-order valence-corrected chi connectivity index (χ0v) is 11.3. The van der Waals surface area contributed by atoms with Crippen LogP contribution in [0.3, 0.4) is 0 Å². The molecule has 0 spiro atoms. The number of thiophene rings is 1. The average molecular weight is 284 g/mol. The summed E-state index contributed by atoms with van der Waals surface area (Å²) in [6, 6.07) is 4.78. The molecule has 1 N–H and O–H groups in total. The van der Waals surface area contributed by atoms with Crippen LogP contribution in [0.4, 0.5) is 0 Å². The third-order valence-electron chi connectivity index (χ3n) is 2.72. The van der Waals surface area contributed by atoms with Crippen molar-refractivity contribution in [3.8, 4) is 0 Å². The molecule has 6 heteroatoms. The maximum atomic E-state index is 11.6. The molecule has 0 unspecified atom stereocenters. The van der Waals surface area contributed by atoms with Gasteiger partial charge in [0.05, 0.1) is 11.3 Å². The van der Waals surface area contributed by atoms with Crippen LogP contribution in [0.5, 0.6) is 0 Å². The molecule has 1 aromatic carbocycles. The molecule has 2 aromatic rings. The SMILES string of the molecule is CCS(=O)(=O)Cc1csc2ccc(C(=O)O)cc12. The van der Waals surface area contributed by atoms with Gasteiger partial charge in [-0.1, -0.05) is 6.92 Å². The summed E-state index contributed by atoms with van der Waals surface area (Å²) in [5.41, 5.74) is 0.857. The summed E-state index contributed by atoms with van der Waals surface area (Å²) in [4.78, 5) is 10.9. The quantitative estimate of drug-likeness (QED) is 0.936. The largest absolute Gasteiger partial charge is 0.478 e. The van der Waals surface area contributed by atoms with Crippen LogP contribution >= 0.6 is 11.3 Å². The summed E-state index contributed by atoms with van der Waals surface area (Å²) >= 11 is 1.43. The molecule has 1 aromatic heterocycles. The lowest BCUT2D eigenvalue weighted by molar-refractivity contribution is 0.0697. The Labute approximate surface area is 109 Å². The molecule has 0 aliphatic rings. The molecular formula is C12H12O4S2. The fourth-order valence-corrected chi connectivity index (χ4v) is 3.63. The first kappa shape index (κ1) is 13.0. The molecule has 0 atom stereocenters. The molecule has 0 amide bonds. The van der Waals surface area contributed by atoms with Crippen LogP contribution in [0, 0.1) is 0 Å². The van der Waals surface area contributed by atoms with Gasteiger partial charge in [0.25, 0.3) is 0 Å². The van der Waals surface area contributed by atoms with Crippen LogP contribution < -0.4 is 0 Å². The van der Waals surface area contributed by atoms with Crippen molar-refractivity contribution < 1.29 is 18.3 Å². The molecule has 0 radical (unpaired) electrons. The molecule has 0 aliphatic heterocycles. The van der Waals surface area contributed by atoms with E-state index in [0.29, 0.717) is 5.56 Å². The van der Waals surface area contributed by atoms with Gasteiger partial charge in [0.2, 0.25) is 0 Å². The highest BCUT2D eigenvalue weighted by Gasteiger charge is 2.14. The molecule has 4 nitrogen and oxygen atoms in total. The Morgan fingerprint density at radius 3 is 2.72 bits per heavy atom. The Kier molecular flexibility index (Phi) is 3.41. The van der Waals surface area contributed by atoms with E-state index in [1.165, 1.54) is 23.5 Å². The number of sulfone groups is 1. The van der Waals surface area contributed by atoms with Gasteiger partial charge in [0, 0.05) is 10.5 Å². The van der Waals surface area contributed by atoms with E-state index in [1.54, 1.807) is 18.4 Å². The van der Waals surface area contributed by atoms with E-state index >= 15 is 0 Å². The standard InChI is InChI=1S/C12H12O4S2/c1-2-18(15,16)7-9-6-17-11-4-3-8(12(13)14)5-10(9)11/h3-6H,2,7H2,1H3,(H,13,14). The van der Waals surface area contributed by atoms with Crippen LogP contribution in [-0.2, 0) is 15.6 Å². The molecule has 0 saturated heterocycles. The minimum absolute atomic E-state index is 0.0351. The first-order valence-corrected chi connectivity index (χ1v) is 8.07. The number of carboxylic acids is 1. The van der Waals surface area contributed by atoms with E-state index in [0.717, 1.165) is 10.1 Å². The van der Waals surface area contributed by atoms with Gasteiger partial charge in [-0.15, -0.1) is 11.3 Å². The van der Waals surface area contributed by atoms with Crippen molar-refractivity contribution in [1.82, 2.24) is 0 Å². The lowest BCUT2D eigenvalue weighted by atomic mass is 10.1. The van der Waals surface area contributed by atoms with Crippen molar-refractivity contribution in [2.24, 2.45) is 0 Å². The number of hydrogen-bond acceptors (Lipinski definition) is 4. The average Bonchev–Trinajstić information content (AvgIpc) is 2.71. The summed E-state index contributed by atoms with van der Waals surface area (Å²) in [5, 5.41) is 11.4. The van der Waals surface area contributed by atoms with Crippen LogP contribution in [0.2, 0.25) is 0 Å². The number of hydrogen-bond donors (Lipinski definition) is 1. The van der Waals surface area contributed by atoms with Crippen LogP contribution in [0.1, 0.15) is 22.8 Å². The van der Waals surface area contributed by atoms with E-state index in [1.807, 2.05) is 0 Å². The van der Waals surface area contributed by atoms with E-state index in [4.69, 9.17) is 5.11 Å². The maximum absolute atomic E-state index is 11.6. The van der Waals surface area contributed by atoms with Crippen LogP contribution in [0.15, 0.2) is 23.6 Å². The first-order chi connectivity index (χ1) is 8.43. The highest BCUT2D eigenvalue weighted by Crippen LogP contribution is 2.28. The summed E-state index contributed by atoms with van der Waals surface area (Å²) in [5.74, 6) is -0.956. The van der Waals surface area contributed by atoms with Crippen molar-refractivity contribution in [3.05, 3.63) is 34.7 Å². The normalized spacial score (nSPS) is 11.8. The summed E-state index contributed by atoms with van der Waals surface area (Å²) in [6.45, 7) is 1.60. The zero-order chi connectivity index (χ0) is 13.3. The number of rotatable bonds is 4. The Hall–Kier alpha value is -1.40. The van der Waals surface area contributed by atoms with Crippen LogP contribution in [-0.4, -0.2) is 25.2 Å².